The number of aromatic nitrogens is 2. The second-order valence-electron chi connectivity index (χ2n) is 5.61. The number of halogens is 3. The average Bonchev–Trinajstić information content (AvgIpc) is 3.11. The maximum Gasteiger partial charge on any atom is 0.322 e. The number of hydrogen-bond acceptors (Lipinski definition) is 6. The fourth-order valence-electron chi connectivity index (χ4n) is 2.21. The van der Waals surface area contributed by atoms with Gasteiger partial charge in [0.25, 0.3) is 5.89 Å². The Hall–Kier alpha value is -2.13. The smallest absolute Gasteiger partial charge is 0.322 e. The van der Waals surface area contributed by atoms with Crippen LogP contribution in [0.5, 0.6) is 0 Å². The third-order valence-electron chi connectivity index (χ3n) is 3.60. The zero-order valence-corrected chi connectivity index (χ0v) is 17.1. The number of anilines is 1. The number of nitrogens with one attached hydrogen (secondary N) is 1. The SMILES string of the molecule is O=C(CCS(=O)(=O)c1ccc(Cl)cc1)Nc1nnc(-c2cc(Cl)ccc2Cl)o1. The molecule has 1 heterocycles. The van der Waals surface area contributed by atoms with Gasteiger partial charge in [-0.05, 0) is 42.5 Å². The van der Waals surface area contributed by atoms with Crippen molar-refractivity contribution in [2.75, 3.05) is 11.1 Å². The van der Waals surface area contributed by atoms with E-state index < -0.39 is 15.7 Å². The van der Waals surface area contributed by atoms with E-state index in [4.69, 9.17) is 39.2 Å². The largest absolute Gasteiger partial charge is 0.403 e. The van der Waals surface area contributed by atoms with E-state index in [0.29, 0.717) is 20.6 Å². The molecule has 0 saturated carbocycles. The molecule has 3 aromatic rings. The molecule has 0 spiro atoms. The molecule has 0 unspecified atom stereocenters. The summed E-state index contributed by atoms with van der Waals surface area (Å²) in [6.45, 7) is 0. The first kappa shape index (κ1) is 20.6. The molecule has 0 aliphatic rings. The van der Waals surface area contributed by atoms with Gasteiger partial charge in [0.05, 0.1) is 21.2 Å². The maximum atomic E-state index is 12.3. The van der Waals surface area contributed by atoms with Crippen molar-refractivity contribution in [2.45, 2.75) is 11.3 Å². The summed E-state index contributed by atoms with van der Waals surface area (Å²) in [6.07, 6.45) is -0.291. The summed E-state index contributed by atoms with van der Waals surface area (Å²) >= 11 is 17.7. The van der Waals surface area contributed by atoms with Crippen LogP contribution in [0.4, 0.5) is 6.01 Å². The van der Waals surface area contributed by atoms with Gasteiger partial charge < -0.3 is 4.42 Å². The number of nitrogens with zero attached hydrogens (tertiary/aromatic N) is 2. The van der Waals surface area contributed by atoms with E-state index in [-0.39, 0.29) is 29.0 Å². The molecule has 11 heteroatoms. The van der Waals surface area contributed by atoms with Crippen LogP contribution < -0.4 is 5.32 Å². The zero-order valence-electron chi connectivity index (χ0n) is 14.0. The second kappa shape index (κ2) is 8.48. The number of carbonyl (C=O) groups excluding carboxylic acids is 1. The van der Waals surface area contributed by atoms with Crippen molar-refractivity contribution in [1.82, 2.24) is 10.2 Å². The Kier molecular flexibility index (Phi) is 6.24. The van der Waals surface area contributed by atoms with Crippen LogP contribution in [0, 0.1) is 0 Å². The van der Waals surface area contributed by atoms with Gasteiger partial charge in [-0.25, -0.2) is 8.42 Å². The molecule has 7 nitrogen and oxygen atoms in total. The van der Waals surface area contributed by atoms with Crippen LogP contribution >= 0.6 is 34.8 Å². The first-order valence-corrected chi connectivity index (χ1v) is 10.6. The van der Waals surface area contributed by atoms with Crippen molar-refractivity contribution in [3.8, 4) is 11.5 Å². The van der Waals surface area contributed by atoms with E-state index in [0.717, 1.165) is 0 Å². The summed E-state index contributed by atoms with van der Waals surface area (Å²) in [4.78, 5) is 12.1. The molecule has 1 N–H and O–H groups in total. The lowest BCUT2D eigenvalue weighted by Gasteiger charge is -2.04. The van der Waals surface area contributed by atoms with E-state index in [1.807, 2.05) is 0 Å². The lowest BCUT2D eigenvalue weighted by molar-refractivity contribution is -0.115. The van der Waals surface area contributed by atoms with Gasteiger partial charge in [-0.15, -0.1) is 5.10 Å². The summed E-state index contributed by atoms with van der Waals surface area (Å²) < 4.78 is 29.9. The number of hydrogen-bond donors (Lipinski definition) is 1. The van der Waals surface area contributed by atoms with Crippen molar-refractivity contribution < 1.29 is 17.6 Å². The van der Waals surface area contributed by atoms with Crippen LogP contribution in [0.15, 0.2) is 51.8 Å². The molecule has 146 valence electrons. The lowest BCUT2D eigenvalue weighted by atomic mass is 10.2. The van der Waals surface area contributed by atoms with Gasteiger partial charge >= 0.3 is 6.01 Å². The van der Waals surface area contributed by atoms with Crippen LogP contribution in [0.25, 0.3) is 11.5 Å². The zero-order chi connectivity index (χ0) is 20.3. The minimum Gasteiger partial charge on any atom is -0.403 e. The van der Waals surface area contributed by atoms with Crippen molar-refractivity contribution >= 4 is 56.6 Å². The topological polar surface area (TPSA) is 102 Å². The van der Waals surface area contributed by atoms with Gasteiger partial charge in [0.1, 0.15) is 0 Å². The molecular formula is C17H12Cl3N3O4S. The molecule has 0 saturated heterocycles. The molecule has 1 amide bonds. The van der Waals surface area contributed by atoms with Crippen LogP contribution in [-0.4, -0.2) is 30.3 Å². The standard InChI is InChI=1S/C17H12Cl3N3O4S/c18-10-1-4-12(5-2-10)28(25,26)8-7-15(24)21-17-23-22-16(27-17)13-9-11(19)3-6-14(13)20/h1-6,9H,7-8H2,(H,21,23,24). The first-order chi connectivity index (χ1) is 13.2. The van der Waals surface area contributed by atoms with E-state index in [9.17, 15) is 13.2 Å². The van der Waals surface area contributed by atoms with Gasteiger partial charge in [-0.2, -0.15) is 0 Å². The van der Waals surface area contributed by atoms with Gasteiger partial charge in [0, 0.05) is 16.5 Å². The highest BCUT2D eigenvalue weighted by molar-refractivity contribution is 7.91. The molecule has 1 aromatic heterocycles. The van der Waals surface area contributed by atoms with Crippen LogP contribution in [0.1, 0.15) is 6.42 Å². The number of rotatable bonds is 6. The Morgan fingerprint density at radius 3 is 2.39 bits per heavy atom. The normalized spacial score (nSPS) is 11.4. The number of benzene rings is 2. The minimum absolute atomic E-state index is 0.0663. The predicted molar refractivity (Wildman–Crippen MR) is 107 cm³/mol. The molecule has 0 atom stereocenters. The Morgan fingerprint density at radius 2 is 1.68 bits per heavy atom. The summed E-state index contributed by atoms with van der Waals surface area (Å²) in [5, 5.41) is 11.1. The van der Waals surface area contributed by atoms with Gasteiger partial charge in [0.15, 0.2) is 9.84 Å². The molecule has 2 aromatic carbocycles. The molecule has 0 bridgehead atoms. The summed E-state index contributed by atoms with van der Waals surface area (Å²) in [5.41, 5.74) is 0.410. The summed E-state index contributed by atoms with van der Waals surface area (Å²) in [5.74, 6) is -0.914. The monoisotopic (exact) mass is 459 g/mol. The minimum atomic E-state index is -3.63. The molecule has 0 fully saturated rings. The lowest BCUT2D eigenvalue weighted by Crippen LogP contribution is -2.17. The Morgan fingerprint density at radius 1 is 1.00 bits per heavy atom. The van der Waals surface area contributed by atoms with Crippen LogP contribution in [-0.2, 0) is 14.6 Å². The first-order valence-electron chi connectivity index (χ1n) is 7.82. The van der Waals surface area contributed by atoms with E-state index in [2.05, 4.69) is 15.5 Å². The number of sulfone groups is 1. The molecule has 0 aliphatic heterocycles. The number of amides is 1. The molecule has 3 rings (SSSR count). The maximum absolute atomic E-state index is 12.3. The molecule has 0 radical (unpaired) electrons. The van der Waals surface area contributed by atoms with E-state index in [1.165, 1.54) is 24.3 Å². The quantitative estimate of drug-likeness (QED) is 0.581. The molecular weight excluding hydrogens is 449 g/mol. The van der Waals surface area contributed by atoms with Crippen molar-refractivity contribution in [1.29, 1.82) is 0 Å². The second-order valence-corrected chi connectivity index (χ2v) is 9.00. The van der Waals surface area contributed by atoms with Gasteiger partial charge in [-0.1, -0.05) is 39.9 Å². The van der Waals surface area contributed by atoms with Crippen molar-refractivity contribution in [2.24, 2.45) is 0 Å². The molecule has 0 aliphatic carbocycles. The Labute approximate surface area is 175 Å². The molecule has 28 heavy (non-hydrogen) atoms. The highest BCUT2D eigenvalue weighted by Crippen LogP contribution is 2.30. The fourth-order valence-corrected chi connectivity index (χ4v) is 3.95. The van der Waals surface area contributed by atoms with Crippen molar-refractivity contribution in [3.63, 3.8) is 0 Å². The Bertz CT molecular complexity index is 1110. The predicted octanol–water partition coefficient (Wildman–Crippen LogP) is 4.50. The highest BCUT2D eigenvalue weighted by atomic mass is 35.5. The number of carbonyl (C=O) groups is 1. The van der Waals surface area contributed by atoms with Gasteiger partial charge in [0.2, 0.25) is 5.91 Å². The third kappa shape index (κ3) is 5.02. The summed E-state index contributed by atoms with van der Waals surface area (Å²) in [7, 11) is -3.63. The summed E-state index contributed by atoms with van der Waals surface area (Å²) in [6, 6.07) is 10.2. The van der Waals surface area contributed by atoms with Crippen LogP contribution in [0.2, 0.25) is 15.1 Å². The van der Waals surface area contributed by atoms with Crippen LogP contribution in [0.3, 0.4) is 0 Å². The highest BCUT2D eigenvalue weighted by Gasteiger charge is 2.18. The van der Waals surface area contributed by atoms with Crippen molar-refractivity contribution in [3.05, 3.63) is 57.5 Å². The fraction of sp³-hybridized carbons (Fsp3) is 0.118. The Balaban J connectivity index is 1.63. The van der Waals surface area contributed by atoms with Gasteiger partial charge in [-0.3, -0.25) is 10.1 Å². The third-order valence-corrected chi connectivity index (χ3v) is 6.15. The van der Waals surface area contributed by atoms with E-state index >= 15 is 0 Å². The van der Waals surface area contributed by atoms with E-state index in [1.54, 1.807) is 18.2 Å². The average molecular weight is 461 g/mol.